The lowest BCUT2D eigenvalue weighted by Gasteiger charge is -2.08. The highest BCUT2D eigenvalue weighted by Gasteiger charge is 2.30. The summed E-state index contributed by atoms with van der Waals surface area (Å²) in [6.07, 6.45) is -2.85. The Morgan fingerprint density at radius 2 is 1.82 bits per heavy atom. The van der Waals surface area contributed by atoms with Crippen LogP contribution in [0.1, 0.15) is 21.5 Å². The molecule has 0 aliphatic carbocycles. The predicted octanol–water partition coefficient (Wildman–Crippen LogP) is 2.33. The third-order valence-corrected chi connectivity index (χ3v) is 3.12. The molecular formula is C15H13F3N2O2. The Kier molecular flexibility index (Phi) is 4.35. The summed E-state index contributed by atoms with van der Waals surface area (Å²) in [6.45, 7) is 0.00731. The van der Waals surface area contributed by atoms with E-state index in [2.05, 4.69) is 5.32 Å². The van der Waals surface area contributed by atoms with Crippen molar-refractivity contribution in [2.24, 2.45) is 7.05 Å². The van der Waals surface area contributed by atoms with Gasteiger partial charge in [-0.3, -0.25) is 9.59 Å². The summed E-state index contributed by atoms with van der Waals surface area (Å²) in [5, 5.41) is 2.51. The lowest BCUT2D eigenvalue weighted by atomic mass is 10.1. The molecular weight excluding hydrogens is 297 g/mol. The molecule has 1 N–H and O–H groups in total. The van der Waals surface area contributed by atoms with E-state index in [0.29, 0.717) is 5.56 Å². The van der Waals surface area contributed by atoms with Gasteiger partial charge in [0, 0.05) is 30.9 Å². The molecule has 7 heteroatoms. The fraction of sp³-hybridized carbons (Fsp3) is 0.200. The van der Waals surface area contributed by atoms with Gasteiger partial charge >= 0.3 is 6.18 Å². The van der Waals surface area contributed by atoms with E-state index in [1.165, 1.54) is 4.57 Å². The monoisotopic (exact) mass is 310 g/mol. The van der Waals surface area contributed by atoms with Gasteiger partial charge in [0.25, 0.3) is 11.5 Å². The minimum absolute atomic E-state index is 0.00731. The second-order valence-electron chi connectivity index (χ2n) is 4.71. The highest BCUT2D eigenvalue weighted by atomic mass is 19.4. The molecule has 0 saturated heterocycles. The van der Waals surface area contributed by atoms with Crippen molar-refractivity contribution in [3.8, 4) is 0 Å². The zero-order valence-corrected chi connectivity index (χ0v) is 11.6. The molecule has 1 aromatic carbocycles. The molecule has 0 unspecified atom stereocenters. The van der Waals surface area contributed by atoms with Gasteiger partial charge < -0.3 is 9.88 Å². The number of amides is 1. The number of hydrogen-bond donors (Lipinski definition) is 1. The van der Waals surface area contributed by atoms with Crippen molar-refractivity contribution in [2.75, 3.05) is 0 Å². The molecule has 1 heterocycles. The van der Waals surface area contributed by atoms with Gasteiger partial charge in [0.1, 0.15) is 0 Å². The molecule has 0 aliphatic rings. The van der Waals surface area contributed by atoms with E-state index < -0.39 is 17.6 Å². The first-order valence-corrected chi connectivity index (χ1v) is 6.39. The second kappa shape index (κ2) is 6.05. The van der Waals surface area contributed by atoms with Crippen LogP contribution < -0.4 is 10.9 Å². The number of nitrogens with one attached hydrogen (secondary N) is 1. The summed E-state index contributed by atoms with van der Waals surface area (Å²) >= 11 is 0. The Morgan fingerprint density at radius 3 is 2.41 bits per heavy atom. The molecule has 1 aromatic heterocycles. The third kappa shape index (κ3) is 3.55. The molecule has 0 bridgehead atoms. The average Bonchev–Trinajstić information content (AvgIpc) is 2.48. The van der Waals surface area contributed by atoms with Gasteiger partial charge in [-0.05, 0) is 30.3 Å². The number of halogens is 3. The molecule has 2 aromatic rings. The van der Waals surface area contributed by atoms with Crippen molar-refractivity contribution in [1.29, 1.82) is 0 Å². The minimum Gasteiger partial charge on any atom is -0.348 e. The third-order valence-electron chi connectivity index (χ3n) is 3.12. The van der Waals surface area contributed by atoms with E-state index in [9.17, 15) is 22.8 Å². The number of carbonyl (C=O) groups excluding carboxylic acids is 1. The number of nitrogens with zero attached hydrogens (tertiary/aromatic N) is 1. The van der Waals surface area contributed by atoms with Crippen LogP contribution in [0, 0.1) is 0 Å². The van der Waals surface area contributed by atoms with Crippen LogP contribution in [0.25, 0.3) is 0 Å². The van der Waals surface area contributed by atoms with Crippen LogP contribution in [0.5, 0.6) is 0 Å². The number of aryl methyl sites for hydroxylation is 1. The van der Waals surface area contributed by atoms with Crippen LogP contribution in [0.2, 0.25) is 0 Å². The largest absolute Gasteiger partial charge is 0.416 e. The topological polar surface area (TPSA) is 51.1 Å². The summed E-state index contributed by atoms with van der Waals surface area (Å²) < 4.78 is 38.7. The summed E-state index contributed by atoms with van der Waals surface area (Å²) in [5.41, 5.74) is -0.567. The summed E-state index contributed by atoms with van der Waals surface area (Å²) in [5.74, 6) is -0.542. The van der Waals surface area contributed by atoms with E-state index in [1.54, 1.807) is 25.4 Å². The predicted molar refractivity (Wildman–Crippen MR) is 74.3 cm³/mol. The van der Waals surface area contributed by atoms with Crippen LogP contribution in [0.4, 0.5) is 13.2 Å². The zero-order valence-electron chi connectivity index (χ0n) is 11.6. The molecule has 116 valence electrons. The zero-order chi connectivity index (χ0) is 16.3. The van der Waals surface area contributed by atoms with Gasteiger partial charge in [-0.2, -0.15) is 13.2 Å². The number of benzene rings is 1. The van der Waals surface area contributed by atoms with Gasteiger partial charge in [-0.25, -0.2) is 0 Å². The Balaban J connectivity index is 2.07. The normalized spacial score (nSPS) is 11.3. The van der Waals surface area contributed by atoms with Gasteiger partial charge in [0.15, 0.2) is 0 Å². The quantitative estimate of drug-likeness (QED) is 0.946. The van der Waals surface area contributed by atoms with E-state index in [0.717, 1.165) is 24.3 Å². The first kappa shape index (κ1) is 15.8. The second-order valence-corrected chi connectivity index (χ2v) is 4.71. The highest BCUT2D eigenvalue weighted by Crippen LogP contribution is 2.29. The van der Waals surface area contributed by atoms with E-state index in [-0.39, 0.29) is 17.7 Å². The number of alkyl halides is 3. The number of carbonyl (C=O) groups is 1. The van der Waals surface area contributed by atoms with Crippen molar-refractivity contribution in [3.05, 3.63) is 69.6 Å². The van der Waals surface area contributed by atoms with Crippen LogP contribution in [-0.4, -0.2) is 10.5 Å². The first-order chi connectivity index (χ1) is 10.3. The maximum Gasteiger partial charge on any atom is 0.416 e. The van der Waals surface area contributed by atoms with E-state index in [4.69, 9.17) is 0 Å². The molecule has 1 amide bonds. The maximum atomic E-state index is 12.4. The maximum absolute atomic E-state index is 12.4. The van der Waals surface area contributed by atoms with Gasteiger partial charge in [0.05, 0.1) is 5.56 Å². The van der Waals surface area contributed by atoms with Gasteiger partial charge in [-0.1, -0.05) is 6.07 Å². The molecule has 2 rings (SSSR count). The summed E-state index contributed by atoms with van der Waals surface area (Å²) in [6, 6.07) is 7.13. The lowest BCUT2D eigenvalue weighted by Crippen LogP contribution is -2.28. The van der Waals surface area contributed by atoms with E-state index in [1.807, 2.05) is 0 Å². The summed E-state index contributed by atoms with van der Waals surface area (Å²) in [7, 11) is 1.59. The number of aromatic nitrogens is 1. The van der Waals surface area contributed by atoms with Crippen molar-refractivity contribution in [3.63, 3.8) is 0 Å². The van der Waals surface area contributed by atoms with E-state index >= 15 is 0 Å². The molecule has 22 heavy (non-hydrogen) atoms. The minimum atomic E-state index is -4.44. The molecule has 0 fully saturated rings. The average molecular weight is 310 g/mol. The fourth-order valence-electron chi connectivity index (χ4n) is 1.88. The highest BCUT2D eigenvalue weighted by molar-refractivity contribution is 5.94. The number of rotatable bonds is 3. The van der Waals surface area contributed by atoms with Gasteiger partial charge in [-0.15, -0.1) is 0 Å². The number of pyridine rings is 1. The van der Waals surface area contributed by atoms with Crippen LogP contribution in [-0.2, 0) is 19.8 Å². The number of hydrogen-bond acceptors (Lipinski definition) is 2. The van der Waals surface area contributed by atoms with Crippen molar-refractivity contribution >= 4 is 5.91 Å². The van der Waals surface area contributed by atoms with Crippen LogP contribution >= 0.6 is 0 Å². The SMILES string of the molecule is Cn1cccc(CNC(=O)c2ccc(C(F)(F)F)cc2)c1=O. The van der Waals surface area contributed by atoms with Crippen LogP contribution in [0.3, 0.4) is 0 Å². The molecule has 0 spiro atoms. The summed E-state index contributed by atoms with van der Waals surface area (Å²) in [4.78, 5) is 23.6. The van der Waals surface area contributed by atoms with Crippen molar-refractivity contribution < 1.29 is 18.0 Å². The standard InChI is InChI=1S/C15H13F3N2O2/c1-20-8-2-3-11(14(20)22)9-19-13(21)10-4-6-12(7-5-10)15(16,17)18/h2-8H,9H2,1H3,(H,19,21). The van der Waals surface area contributed by atoms with Crippen molar-refractivity contribution in [2.45, 2.75) is 12.7 Å². The fourth-order valence-corrected chi connectivity index (χ4v) is 1.88. The molecule has 0 atom stereocenters. The Labute approximate surface area is 124 Å². The molecule has 0 saturated carbocycles. The Morgan fingerprint density at radius 1 is 1.18 bits per heavy atom. The van der Waals surface area contributed by atoms with Gasteiger partial charge in [0.2, 0.25) is 0 Å². The molecule has 0 aliphatic heterocycles. The Hall–Kier alpha value is -2.57. The first-order valence-electron chi connectivity index (χ1n) is 6.39. The smallest absolute Gasteiger partial charge is 0.348 e. The Bertz CT molecular complexity index is 734. The molecule has 0 radical (unpaired) electrons. The van der Waals surface area contributed by atoms with Crippen molar-refractivity contribution in [1.82, 2.24) is 9.88 Å². The van der Waals surface area contributed by atoms with Crippen LogP contribution in [0.15, 0.2) is 47.4 Å². The molecule has 4 nitrogen and oxygen atoms in total. The lowest BCUT2D eigenvalue weighted by molar-refractivity contribution is -0.137.